The number of nitrogens with one attached hydrogen (secondary N) is 1. The van der Waals surface area contributed by atoms with Crippen molar-refractivity contribution in [3.05, 3.63) is 57.0 Å². The Bertz CT molecular complexity index is 1100. The monoisotopic (exact) mass is 410 g/mol. The molecule has 3 heterocycles. The number of nitrogens with zero attached hydrogens (tertiary/aromatic N) is 3. The van der Waals surface area contributed by atoms with Gasteiger partial charge in [-0.25, -0.2) is 4.98 Å². The van der Waals surface area contributed by atoms with E-state index in [2.05, 4.69) is 10.2 Å². The molecule has 0 bridgehead atoms. The highest BCUT2D eigenvalue weighted by Gasteiger charge is 2.25. The molecule has 0 aliphatic carbocycles. The summed E-state index contributed by atoms with van der Waals surface area (Å²) in [6, 6.07) is 8.67. The molecule has 4 rings (SSSR count). The molecule has 0 spiro atoms. The standard InChI is InChI=1S/C22H26N4O2S/c1-14-16(3)29-21-19(14)22(28)26(18(24-21)13-25-11-7-8-12-25)15(2)20(27)23-17-9-5-4-6-10-17/h4-6,9-10,15H,7-8,11-13H2,1-3H3,(H,23,27). The van der Waals surface area contributed by atoms with E-state index in [-0.39, 0.29) is 11.5 Å². The van der Waals surface area contributed by atoms with E-state index in [1.807, 2.05) is 44.2 Å². The highest BCUT2D eigenvalue weighted by atomic mass is 32.1. The Kier molecular flexibility index (Phi) is 5.52. The van der Waals surface area contributed by atoms with Crippen LogP contribution in [-0.2, 0) is 11.3 Å². The number of benzene rings is 1. The zero-order valence-electron chi connectivity index (χ0n) is 17.1. The molecule has 0 saturated carbocycles. The van der Waals surface area contributed by atoms with Crippen LogP contribution in [-0.4, -0.2) is 33.4 Å². The summed E-state index contributed by atoms with van der Waals surface area (Å²) in [6.07, 6.45) is 2.32. The van der Waals surface area contributed by atoms with Crippen molar-refractivity contribution in [2.24, 2.45) is 0 Å². The van der Waals surface area contributed by atoms with Gasteiger partial charge in [0.15, 0.2) is 0 Å². The molecule has 1 aliphatic rings. The third-order valence-corrected chi connectivity index (χ3v) is 6.78. The minimum Gasteiger partial charge on any atom is -0.324 e. The Morgan fingerprint density at radius 3 is 2.59 bits per heavy atom. The number of fused-ring (bicyclic) bond motifs is 1. The normalized spacial score (nSPS) is 15.7. The summed E-state index contributed by atoms with van der Waals surface area (Å²) < 4.78 is 1.60. The van der Waals surface area contributed by atoms with Gasteiger partial charge in [-0.3, -0.25) is 19.1 Å². The molecule has 1 amide bonds. The summed E-state index contributed by atoms with van der Waals surface area (Å²) in [4.78, 5) is 35.5. The van der Waals surface area contributed by atoms with Crippen molar-refractivity contribution in [3.8, 4) is 0 Å². The summed E-state index contributed by atoms with van der Waals surface area (Å²) in [5.41, 5.74) is 1.55. The molecule has 1 aliphatic heterocycles. The first-order valence-corrected chi connectivity index (χ1v) is 10.9. The van der Waals surface area contributed by atoms with E-state index in [4.69, 9.17) is 4.98 Å². The Labute approximate surface area is 174 Å². The summed E-state index contributed by atoms with van der Waals surface area (Å²) in [5.74, 6) is 0.452. The maximum absolute atomic E-state index is 13.5. The number of thiophene rings is 1. The van der Waals surface area contributed by atoms with Crippen LogP contribution in [0.4, 0.5) is 5.69 Å². The lowest BCUT2D eigenvalue weighted by atomic mass is 10.2. The second-order valence-electron chi connectivity index (χ2n) is 7.68. The Balaban J connectivity index is 1.77. The maximum Gasteiger partial charge on any atom is 0.263 e. The molecular weight excluding hydrogens is 384 g/mol. The van der Waals surface area contributed by atoms with Crippen LogP contribution in [0.25, 0.3) is 10.2 Å². The fourth-order valence-electron chi connectivity index (χ4n) is 3.89. The number of aromatic nitrogens is 2. The van der Waals surface area contributed by atoms with Gasteiger partial charge in [-0.05, 0) is 64.4 Å². The molecule has 1 atom stereocenters. The number of aryl methyl sites for hydroxylation is 2. The number of hydrogen-bond donors (Lipinski definition) is 1. The zero-order valence-corrected chi connectivity index (χ0v) is 17.9. The van der Waals surface area contributed by atoms with Crippen LogP contribution >= 0.6 is 11.3 Å². The first-order valence-electron chi connectivity index (χ1n) is 10.0. The number of para-hydroxylation sites is 1. The molecule has 1 aromatic carbocycles. The van der Waals surface area contributed by atoms with Crippen molar-refractivity contribution in [2.75, 3.05) is 18.4 Å². The molecule has 3 aromatic rings. The Morgan fingerprint density at radius 1 is 1.21 bits per heavy atom. The summed E-state index contributed by atoms with van der Waals surface area (Å²) in [6.45, 7) is 8.33. The number of hydrogen-bond acceptors (Lipinski definition) is 5. The van der Waals surface area contributed by atoms with Crippen LogP contribution in [0, 0.1) is 13.8 Å². The highest BCUT2D eigenvalue weighted by Crippen LogP contribution is 2.28. The van der Waals surface area contributed by atoms with Crippen LogP contribution in [0.3, 0.4) is 0 Å². The van der Waals surface area contributed by atoms with Crippen LogP contribution in [0.5, 0.6) is 0 Å². The van der Waals surface area contributed by atoms with Gasteiger partial charge >= 0.3 is 0 Å². The summed E-state index contributed by atoms with van der Waals surface area (Å²) in [7, 11) is 0. The molecule has 0 radical (unpaired) electrons. The van der Waals surface area contributed by atoms with Gasteiger partial charge in [0.05, 0.1) is 11.9 Å². The van der Waals surface area contributed by atoms with Crippen LogP contribution in [0.2, 0.25) is 0 Å². The lowest BCUT2D eigenvalue weighted by Crippen LogP contribution is -2.36. The molecule has 1 unspecified atom stereocenters. The molecule has 29 heavy (non-hydrogen) atoms. The largest absolute Gasteiger partial charge is 0.324 e. The van der Waals surface area contributed by atoms with Gasteiger partial charge in [0.25, 0.3) is 5.56 Å². The number of carbonyl (C=O) groups is 1. The molecule has 2 aromatic heterocycles. The van der Waals surface area contributed by atoms with Gasteiger partial charge < -0.3 is 5.32 Å². The van der Waals surface area contributed by atoms with E-state index >= 15 is 0 Å². The SMILES string of the molecule is Cc1sc2nc(CN3CCCC3)n(C(C)C(=O)Nc3ccccc3)c(=O)c2c1C. The van der Waals surface area contributed by atoms with Crippen molar-refractivity contribution in [3.63, 3.8) is 0 Å². The minimum absolute atomic E-state index is 0.123. The van der Waals surface area contributed by atoms with Crippen LogP contribution in [0.1, 0.15) is 42.1 Å². The van der Waals surface area contributed by atoms with Crippen molar-refractivity contribution < 1.29 is 4.79 Å². The lowest BCUT2D eigenvalue weighted by Gasteiger charge is -2.22. The number of anilines is 1. The third-order valence-electron chi connectivity index (χ3n) is 5.68. The molecule has 1 N–H and O–H groups in total. The van der Waals surface area contributed by atoms with E-state index < -0.39 is 6.04 Å². The topological polar surface area (TPSA) is 67.2 Å². The summed E-state index contributed by atoms with van der Waals surface area (Å²) >= 11 is 1.55. The molecular formula is C22H26N4O2S. The number of amides is 1. The number of carbonyl (C=O) groups excluding carboxylic acids is 1. The fraction of sp³-hybridized carbons (Fsp3) is 0.409. The average molecular weight is 411 g/mol. The molecule has 6 nitrogen and oxygen atoms in total. The van der Waals surface area contributed by atoms with Crippen molar-refractivity contribution >= 4 is 33.1 Å². The van der Waals surface area contributed by atoms with Gasteiger partial charge in [-0.1, -0.05) is 18.2 Å². The van der Waals surface area contributed by atoms with E-state index in [0.717, 1.165) is 46.9 Å². The van der Waals surface area contributed by atoms with Crippen molar-refractivity contribution in [2.45, 2.75) is 46.2 Å². The molecule has 7 heteroatoms. The molecule has 1 fully saturated rings. The predicted octanol–water partition coefficient (Wildman–Crippen LogP) is 3.87. The van der Waals surface area contributed by atoms with Crippen molar-refractivity contribution in [1.82, 2.24) is 14.5 Å². The first-order chi connectivity index (χ1) is 14.0. The van der Waals surface area contributed by atoms with Gasteiger partial charge in [-0.15, -0.1) is 11.3 Å². The van der Waals surface area contributed by atoms with Crippen molar-refractivity contribution in [1.29, 1.82) is 0 Å². The van der Waals surface area contributed by atoms with E-state index in [9.17, 15) is 9.59 Å². The maximum atomic E-state index is 13.5. The van der Waals surface area contributed by atoms with Crippen LogP contribution < -0.4 is 10.9 Å². The minimum atomic E-state index is -0.656. The third kappa shape index (κ3) is 3.84. The second-order valence-corrected chi connectivity index (χ2v) is 8.88. The zero-order chi connectivity index (χ0) is 20.5. The van der Waals surface area contributed by atoms with E-state index in [1.165, 1.54) is 0 Å². The van der Waals surface area contributed by atoms with Gasteiger partial charge in [0, 0.05) is 10.6 Å². The highest BCUT2D eigenvalue weighted by molar-refractivity contribution is 7.18. The lowest BCUT2D eigenvalue weighted by molar-refractivity contribution is -0.119. The Hall–Kier alpha value is -2.51. The smallest absolute Gasteiger partial charge is 0.263 e. The average Bonchev–Trinajstić information content (AvgIpc) is 3.30. The second kappa shape index (κ2) is 8.08. The quantitative estimate of drug-likeness (QED) is 0.693. The predicted molar refractivity (Wildman–Crippen MR) is 118 cm³/mol. The van der Waals surface area contributed by atoms with Gasteiger partial charge in [-0.2, -0.15) is 0 Å². The molecule has 1 saturated heterocycles. The number of rotatable bonds is 5. The van der Waals surface area contributed by atoms with Crippen LogP contribution in [0.15, 0.2) is 35.1 Å². The first kappa shape index (κ1) is 19.8. The van der Waals surface area contributed by atoms with Gasteiger partial charge in [0.1, 0.15) is 16.7 Å². The number of likely N-dealkylation sites (tertiary alicyclic amines) is 1. The fourth-order valence-corrected chi connectivity index (χ4v) is 4.92. The van der Waals surface area contributed by atoms with Gasteiger partial charge in [0.2, 0.25) is 5.91 Å². The van der Waals surface area contributed by atoms with E-state index in [0.29, 0.717) is 17.8 Å². The molecule has 152 valence electrons. The summed E-state index contributed by atoms with van der Waals surface area (Å²) in [5, 5.41) is 3.55. The van der Waals surface area contributed by atoms with E-state index in [1.54, 1.807) is 22.8 Å². The Morgan fingerprint density at radius 2 is 1.90 bits per heavy atom.